The molecule has 1 saturated heterocycles. The molecule has 2 aliphatic heterocycles. The van der Waals surface area contributed by atoms with Crippen molar-refractivity contribution in [3.63, 3.8) is 0 Å². The summed E-state index contributed by atoms with van der Waals surface area (Å²) in [5.41, 5.74) is -0.625. The molecule has 0 aromatic carbocycles. The molecule has 3 amide bonds. The van der Waals surface area contributed by atoms with Gasteiger partial charge in [0.2, 0.25) is 0 Å². The topological polar surface area (TPSA) is 91.7 Å². The van der Waals surface area contributed by atoms with Crippen molar-refractivity contribution in [3.8, 4) is 0 Å². The van der Waals surface area contributed by atoms with Crippen LogP contribution in [-0.4, -0.2) is 83.7 Å². The highest BCUT2D eigenvalue weighted by Crippen LogP contribution is 2.40. The number of imidazole rings is 1. The van der Waals surface area contributed by atoms with Gasteiger partial charge in [-0.1, -0.05) is 0 Å². The van der Waals surface area contributed by atoms with Crippen LogP contribution in [0.25, 0.3) is 0 Å². The van der Waals surface area contributed by atoms with Crippen molar-refractivity contribution >= 4 is 11.9 Å². The molecule has 1 aromatic heterocycles. The van der Waals surface area contributed by atoms with E-state index < -0.39 is 11.7 Å². The summed E-state index contributed by atoms with van der Waals surface area (Å²) in [6.45, 7) is 6.86. The number of likely N-dealkylation sites (tertiary alicyclic amines) is 1. The van der Waals surface area contributed by atoms with Crippen LogP contribution < -0.4 is 10.6 Å². The first-order chi connectivity index (χ1) is 13.3. The van der Waals surface area contributed by atoms with Gasteiger partial charge in [-0.3, -0.25) is 4.79 Å². The number of ether oxygens (including phenoxy) is 1. The van der Waals surface area contributed by atoms with Crippen molar-refractivity contribution in [2.45, 2.75) is 51.0 Å². The van der Waals surface area contributed by atoms with Gasteiger partial charge in [0.15, 0.2) is 6.10 Å². The molecule has 0 saturated carbocycles. The molecule has 1 aromatic rings. The maximum Gasteiger partial charge on any atom is 0.317 e. The highest BCUT2D eigenvalue weighted by atomic mass is 16.5. The molecule has 2 N–H and O–H groups in total. The molecule has 1 fully saturated rings. The number of rotatable bonds is 5. The maximum absolute atomic E-state index is 12.7. The lowest BCUT2D eigenvalue weighted by molar-refractivity contribution is -0.171. The molecule has 28 heavy (non-hydrogen) atoms. The van der Waals surface area contributed by atoms with Crippen LogP contribution in [0.4, 0.5) is 4.79 Å². The fraction of sp³-hybridized carbons (Fsp3) is 0.737. The number of urea groups is 1. The molecule has 0 aliphatic carbocycles. The summed E-state index contributed by atoms with van der Waals surface area (Å²) >= 11 is 0. The molecule has 2 aliphatic rings. The summed E-state index contributed by atoms with van der Waals surface area (Å²) in [6.07, 6.45) is 4.34. The molecule has 9 heteroatoms. The second-order valence-corrected chi connectivity index (χ2v) is 8.19. The zero-order chi connectivity index (χ0) is 20.3. The lowest BCUT2D eigenvalue weighted by Gasteiger charge is -2.45. The summed E-state index contributed by atoms with van der Waals surface area (Å²) < 4.78 is 8.38. The Morgan fingerprint density at radius 3 is 2.71 bits per heavy atom. The maximum atomic E-state index is 12.7. The normalized spacial score (nSPS) is 21.1. The van der Waals surface area contributed by atoms with E-state index in [4.69, 9.17) is 4.74 Å². The van der Waals surface area contributed by atoms with E-state index in [1.54, 1.807) is 6.20 Å². The largest absolute Gasteiger partial charge is 0.352 e. The Hall–Kier alpha value is -2.13. The van der Waals surface area contributed by atoms with Gasteiger partial charge in [0.25, 0.3) is 5.91 Å². The van der Waals surface area contributed by atoms with E-state index in [0.29, 0.717) is 39.0 Å². The molecule has 1 atom stereocenters. The molecule has 1 unspecified atom stereocenters. The highest BCUT2D eigenvalue weighted by molar-refractivity contribution is 5.81. The number of nitrogens with one attached hydrogen (secondary N) is 2. The lowest BCUT2D eigenvalue weighted by Crippen LogP contribution is -2.56. The van der Waals surface area contributed by atoms with Gasteiger partial charge in [0.1, 0.15) is 11.4 Å². The van der Waals surface area contributed by atoms with E-state index in [2.05, 4.69) is 15.6 Å². The fourth-order valence-electron chi connectivity index (χ4n) is 3.80. The zero-order valence-corrected chi connectivity index (χ0v) is 17.3. The number of hydrogen-bond acceptors (Lipinski definition) is 5. The van der Waals surface area contributed by atoms with Crippen LogP contribution in [0.2, 0.25) is 0 Å². The van der Waals surface area contributed by atoms with Crippen molar-refractivity contribution in [1.82, 2.24) is 30.0 Å². The Morgan fingerprint density at radius 1 is 1.36 bits per heavy atom. The Bertz CT molecular complexity index is 694. The molecular formula is C19H32N6O3. The minimum absolute atomic E-state index is 0.0537. The number of aromatic nitrogens is 2. The second kappa shape index (κ2) is 8.48. The monoisotopic (exact) mass is 392 g/mol. The van der Waals surface area contributed by atoms with Crippen LogP contribution in [0.3, 0.4) is 0 Å². The van der Waals surface area contributed by atoms with Crippen molar-refractivity contribution in [1.29, 1.82) is 0 Å². The van der Waals surface area contributed by atoms with E-state index in [0.717, 1.165) is 12.4 Å². The van der Waals surface area contributed by atoms with Gasteiger partial charge in [-0.2, -0.15) is 0 Å². The third kappa shape index (κ3) is 4.47. The summed E-state index contributed by atoms with van der Waals surface area (Å²) in [4.78, 5) is 33.3. The van der Waals surface area contributed by atoms with Crippen LogP contribution in [0.1, 0.15) is 32.5 Å². The van der Waals surface area contributed by atoms with Crippen molar-refractivity contribution in [2.24, 2.45) is 0 Å². The Labute approximate surface area is 166 Å². The number of carbonyl (C=O) groups excluding carboxylic acids is 2. The third-order valence-corrected chi connectivity index (χ3v) is 5.27. The smallest absolute Gasteiger partial charge is 0.317 e. The van der Waals surface area contributed by atoms with Gasteiger partial charge in [-0.15, -0.1) is 0 Å². The van der Waals surface area contributed by atoms with Crippen molar-refractivity contribution < 1.29 is 14.3 Å². The highest BCUT2D eigenvalue weighted by Gasteiger charge is 2.47. The van der Waals surface area contributed by atoms with Crippen LogP contribution in [0.5, 0.6) is 0 Å². The number of piperidine rings is 1. The molecular weight excluding hydrogens is 360 g/mol. The molecule has 156 valence electrons. The Morgan fingerprint density at radius 2 is 2.07 bits per heavy atom. The lowest BCUT2D eigenvalue weighted by atomic mass is 9.88. The quantitative estimate of drug-likeness (QED) is 0.755. The third-order valence-electron chi connectivity index (χ3n) is 5.27. The predicted molar refractivity (Wildman–Crippen MR) is 105 cm³/mol. The first kappa shape index (κ1) is 20.6. The average molecular weight is 393 g/mol. The number of amides is 3. The predicted octanol–water partition coefficient (Wildman–Crippen LogP) is 0.369. The summed E-state index contributed by atoms with van der Waals surface area (Å²) in [6, 6.07) is 0.0467. The average Bonchev–Trinajstić information content (AvgIpc) is 3.11. The van der Waals surface area contributed by atoms with Gasteiger partial charge < -0.3 is 29.7 Å². The summed E-state index contributed by atoms with van der Waals surface area (Å²) in [5.74, 6) is 0.759. The fourth-order valence-corrected chi connectivity index (χ4v) is 3.80. The number of likely N-dealkylation sites (N-methyl/N-ethyl adjacent to an activating group) is 1. The van der Waals surface area contributed by atoms with E-state index in [9.17, 15) is 9.59 Å². The Kier molecular flexibility index (Phi) is 6.24. The van der Waals surface area contributed by atoms with E-state index in [1.165, 1.54) is 0 Å². The van der Waals surface area contributed by atoms with Crippen LogP contribution >= 0.6 is 0 Å². The molecule has 0 radical (unpaired) electrons. The summed E-state index contributed by atoms with van der Waals surface area (Å²) in [7, 11) is 3.94. The van der Waals surface area contributed by atoms with Gasteiger partial charge in [-0.05, 0) is 27.9 Å². The van der Waals surface area contributed by atoms with Crippen LogP contribution in [0.15, 0.2) is 12.4 Å². The number of hydrogen-bond donors (Lipinski definition) is 2. The number of fused-ring (bicyclic) bond motifs is 2. The van der Waals surface area contributed by atoms with E-state index in [1.807, 2.05) is 48.5 Å². The zero-order valence-electron chi connectivity index (χ0n) is 17.3. The first-order valence-electron chi connectivity index (χ1n) is 9.98. The number of nitrogens with zero attached hydrogens (tertiary/aromatic N) is 4. The van der Waals surface area contributed by atoms with Gasteiger partial charge in [-0.25, -0.2) is 9.78 Å². The molecule has 1 spiro atoms. The Balaban J connectivity index is 1.67. The standard InChI is InChI=1S/C19H32N6O3/c1-14(2)22-18(27)24-9-5-19(6-10-24)17-21-8-12-25(17)13-15(28-19)16(26)20-7-11-23(3)4/h8,12,14-15H,5-7,9-11,13H2,1-4H3,(H,20,26)(H,22,27). The SMILES string of the molecule is CC(C)NC(=O)N1CCC2(CC1)OC(C(=O)NCCN(C)C)Cn1ccnc12. The minimum atomic E-state index is -0.625. The van der Waals surface area contributed by atoms with Crippen molar-refractivity contribution in [3.05, 3.63) is 18.2 Å². The second-order valence-electron chi connectivity index (χ2n) is 8.19. The first-order valence-corrected chi connectivity index (χ1v) is 9.98. The van der Waals surface area contributed by atoms with Crippen LogP contribution in [-0.2, 0) is 21.7 Å². The molecule has 3 heterocycles. The van der Waals surface area contributed by atoms with E-state index in [-0.39, 0.29) is 18.0 Å². The number of carbonyl (C=O) groups is 2. The molecule has 0 bridgehead atoms. The van der Waals surface area contributed by atoms with Gasteiger partial charge in [0, 0.05) is 57.5 Å². The van der Waals surface area contributed by atoms with Crippen LogP contribution in [0, 0.1) is 0 Å². The summed E-state index contributed by atoms with van der Waals surface area (Å²) in [5, 5.41) is 5.90. The van der Waals surface area contributed by atoms with Gasteiger partial charge in [0.05, 0.1) is 6.54 Å². The van der Waals surface area contributed by atoms with Gasteiger partial charge >= 0.3 is 6.03 Å². The van der Waals surface area contributed by atoms with E-state index >= 15 is 0 Å². The molecule has 3 rings (SSSR count). The minimum Gasteiger partial charge on any atom is -0.352 e. The van der Waals surface area contributed by atoms with Crippen molar-refractivity contribution in [2.75, 3.05) is 40.3 Å². The molecule has 9 nitrogen and oxygen atoms in total.